The van der Waals surface area contributed by atoms with Gasteiger partial charge in [-0.05, 0) is 43.9 Å². The highest BCUT2D eigenvalue weighted by Gasteiger charge is 2.12. The second kappa shape index (κ2) is 9.19. The lowest BCUT2D eigenvalue weighted by Crippen LogP contribution is -2.20. The summed E-state index contributed by atoms with van der Waals surface area (Å²) in [6, 6.07) is 2.21. The first-order valence-corrected chi connectivity index (χ1v) is 8.35. The van der Waals surface area contributed by atoms with Gasteiger partial charge in [0.15, 0.2) is 0 Å². The maximum absolute atomic E-state index is 5.93. The van der Waals surface area contributed by atoms with Crippen LogP contribution in [0.3, 0.4) is 0 Å². The first-order chi connectivity index (χ1) is 9.88. The van der Waals surface area contributed by atoms with Gasteiger partial charge in [0.2, 0.25) is 0 Å². The molecule has 0 bridgehead atoms. The molecule has 0 spiro atoms. The van der Waals surface area contributed by atoms with Crippen molar-refractivity contribution in [3.8, 4) is 0 Å². The second-order valence-corrected chi connectivity index (χ2v) is 5.92. The molecule has 20 heavy (non-hydrogen) atoms. The molecule has 0 aliphatic heterocycles. The van der Waals surface area contributed by atoms with Crippen LogP contribution in [0.2, 0.25) is 0 Å². The number of nitrogens with one attached hydrogen (secondary N) is 1. The van der Waals surface area contributed by atoms with E-state index in [1.165, 1.54) is 44.1 Å². The van der Waals surface area contributed by atoms with Gasteiger partial charge < -0.3 is 14.6 Å². The van der Waals surface area contributed by atoms with Gasteiger partial charge in [-0.15, -0.1) is 0 Å². The lowest BCUT2D eigenvalue weighted by molar-refractivity contribution is 0.0273. The predicted molar refractivity (Wildman–Crippen MR) is 83.9 cm³/mol. The maximum atomic E-state index is 5.93. The van der Waals surface area contributed by atoms with Crippen LogP contribution in [0.5, 0.6) is 0 Å². The summed E-state index contributed by atoms with van der Waals surface area (Å²) in [6.07, 6.45) is 13.9. The SMILES string of the molecule is CCCn1ccc(CNCCCOC2CCCCC2)c1. The van der Waals surface area contributed by atoms with E-state index < -0.39 is 0 Å². The number of hydrogen-bond acceptors (Lipinski definition) is 2. The number of rotatable bonds is 9. The molecule has 1 N–H and O–H groups in total. The Kier molecular flexibility index (Phi) is 7.16. The van der Waals surface area contributed by atoms with Crippen LogP contribution in [-0.4, -0.2) is 23.8 Å². The average molecular weight is 278 g/mol. The smallest absolute Gasteiger partial charge is 0.0575 e. The van der Waals surface area contributed by atoms with Crippen LogP contribution in [-0.2, 0) is 17.8 Å². The van der Waals surface area contributed by atoms with Crippen LogP contribution in [0.4, 0.5) is 0 Å². The topological polar surface area (TPSA) is 26.2 Å². The van der Waals surface area contributed by atoms with Gasteiger partial charge in [-0.1, -0.05) is 26.2 Å². The highest BCUT2D eigenvalue weighted by Crippen LogP contribution is 2.20. The minimum absolute atomic E-state index is 0.548. The molecule has 1 aromatic rings. The van der Waals surface area contributed by atoms with Crippen LogP contribution >= 0.6 is 0 Å². The summed E-state index contributed by atoms with van der Waals surface area (Å²) in [5, 5.41) is 3.50. The zero-order valence-electron chi connectivity index (χ0n) is 12.9. The molecular formula is C17H30N2O. The molecule has 1 fully saturated rings. The van der Waals surface area contributed by atoms with Crippen molar-refractivity contribution in [2.75, 3.05) is 13.2 Å². The van der Waals surface area contributed by atoms with Crippen molar-refractivity contribution in [3.05, 3.63) is 24.0 Å². The van der Waals surface area contributed by atoms with E-state index >= 15 is 0 Å². The number of aromatic nitrogens is 1. The third-order valence-corrected chi connectivity index (χ3v) is 4.03. The molecule has 0 amide bonds. The molecule has 3 nitrogen and oxygen atoms in total. The second-order valence-electron chi connectivity index (χ2n) is 5.92. The minimum Gasteiger partial charge on any atom is -0.378 e. The number of ether oxygens (including phenoxy) is 1. The molecule has 3 heteroatoms. The Labute approximate surface area is 123 Å². The fourth-order valence-electron chi connectivity index (χ4n) is 2.90. The maximum Gasteiger partial charge on any atom is 0.0575 e. The summed E-state index contributed by atoms with van der Waals surface area (Å²) in [7, 11) is 0. The van der Waals surface area contributed by atoms with Gasteiger partial charge in [-0.3, -0.25) is 0 Å². The van der Waals surface area contributed by atoms with Crippen LogP contribution < -0.4 is 5.32 Å². The standard InChI is InChI=1S/C17H30N2O/c1-2-11-19-12-9-16(15-19)14-18-10-6-13-20-17-7-4-3-5-8-17/h9,12,15,17-18H,2-8,10-11,13-14H2,1H3. The molecule has 114 valence electrons. The first kappa shape index (κ1) is 15.6. The summed E-state index contributed by atoms with van der Waals surface area (Å²) >= 11 is 0. The molecule has 1 saturated carbocycles. The quantitative estimate of drug-likeness (QED) is 0.697. The Balaban J connectivity index is 1.48. The summed E-state index contributed by atoms with van der Waals surface area (Å²) < 4.78 is 8.19. The van der Waals surface area contributed by atoms with E-state index in [9.17, 15) is 0 Å². The first-order valence-electron chi connectivity index (χ1n) is 8.35. The Bertz CT molecular complexity index is 356. The molecule has 0 aromatic carbocycles. The van der Waals surface area contributed by atoms with Gasteiger partial charge in [0.25, 0.3) is 0 Å². The number of hydrogen-bond donors (Lipinski definition) is 1. The van der Waals surface area contributed by atoms with Crippen LogP contribution in [0.25, 0.3) is 0 Å². The van der Waals surface area contributed by atoms with Crippen molar-refractivity contribution in [3.63, 3.8) is 0 Å². The zero-order valence-corrected chi connectivity index (χ0v) is 12.9. The van der Waals surface area contributed by atoms with Gasteiger partial charge in [-0.2, -0.15) is 0 Å². The molecule has 0 atom stereocenters. The van der Waals surface area contributed by atoms with E-state index in [0.717, 1.165) is 32.7 Å². The molecule has 2 rings (SSSR count). The molecular weight excluding hydrogens is 248 g/mol. The van der Waals surface area contributed by atoms with Crippen molar-refractivity contribution in [2.24, 2.45) is 0 Å². The van der Waals surface area contributed by atoms with E-state index in [4.69, 9.17) is 4.74 Å². The van der Waals surface area contributed by atoms with E-state index in [0.29, 0.717) is 6.10 Å². The van der Waals surface area contributed by atoms with Crippen LogP contribution in [0.15, 0.2) is 18.5 Å². The van der Waals surface area contributed by atoms with Gasteiger partial charge in [0.05, 0.1) is 6.10 Å². The van der Waals surface area contributed by atoms with Gasteiger partial charge in [-0.25, -0.2) is 0 Å². The van der Waals surface area contributed by atoms with Crippen LogP contribution in [0.1, 0.15) is 57.4 Å². The molecule has 1 aliphatic carbocycles. The average Bonchev–Trinajstić information content (AvgIpc) is 2.92. The molecule has 0 radical (unpaired) electrons. The molecule has 1 aromatic heterocycles. The lowest BCUT2D eigenvalue weighted by atomic mass is 9.98. The van der Waals surface area contributed by atoms with Crippen molar-refractivity contribution in [1.82, 2.24) is 9.88 Å². The van der Waals surface area contributed by atoms with Crippen molar-refractivity contribution < 1.29 is 4.74 Å². The predicted octanol–water partition coefficient (Wildman–Crippen LogP) is 3.73. The highest BCUT2D eigenvalue weighted by atomic mass is 16.5. The summed E-state index contributed by atoms with van der Waals surface area (Å²) in [5.41, 5.74) is 1.38. The Morgan fingerprint density at radius 2 is 2.15 bits per heavy atom. The zero-order chi connectivity index (χ0) is 14.0. The monoisotopic (exact) mass is 278 g/mol. The van der Waals surface area contributed by atoms with Crippen molar-refractivity contribution >= 4 is 0 Å². The fraction of sp³-hybridized carbons (Fsp3) is 0.765. The number of aryl methyl sites for hydroxylation is 1. The van der Waals surface area contributed by atoms with Crippen LogP contribution in [0, 0.1) is 0 Å². The van der Waals surface area contributed by atoms with Gasteiger partial charge >= 0.3 is 0 Å². The van der Waals surface area contributed by atoms with Gasteiger partial charge in [0, 0.05) is 32.1 Å². The van der Waals surface area contributed by atoms with Crippen molar-refractivity contribution in [1.29, 1.82) is 0 Å². The molecule has 1 aliphatic rings. The Morgan fingerprint density at radius 1 is 1.30 bits per heavy atom. The fourth-order valence-corrected chi connectivity index (χ4v) is 2.90. The number of nitrogens with zero attached hydrogens (tertiary/aromatic N) is 1. The van der Waals surface area contributed by atoms with Crippen molar-refractivity contribution in [2.45, 2.75) is 71.1 Å². The third kappa shape index (κ3) is 5.68. The third-order valence-electron chi connectivity index (χ3n) is 4.03. The minimum atomic E-state index is 0.548. The summed E-state index contributed by atoms with van der Waals surface area (Å²) in [5.74, 6) is 0. The van der Waals surface area contributed by atoms with E-state index in [-0.39, 0.29) is 0 Å². The Morgan fingerprint density at radius 3 is 2.95 bits per heavy atom. The Hall–Kier alpha value is -0.800. The van der Waals surface area contributed by atoms with E-state index in [2.05, 4.69) is 35.3 Å². The highest BCUT2D eigenvalue weighted by molar-refractivity contribution is 5.09. The molecule has 0 saturated heterocycles. The largest absolute Gasteiger partial charge is 0.378 e. The summed E-state index contributed by atoms with van der Waals surface area (Å²) in [6.45, 7) is 6.26. The lowest BCUT2D eigenvalue weighted by Gasteiger charge is -2.21. The molecule has 1 heterocycles. The normalized spacial score (nSPS) is 16.6. The van der Waals surface area contributed by atoms with Gasteiger partial charge in [0.1, 0.15) is 0 Å². The summed E-state index contributed by atoms with van der Waals surface area (Å²) in [4.78, 5) is 0. The molecule has 0 unspecified atom stereocenters. The van der Waals surface area contributed by atoms with E-state index in [1.807, 2.05) is 0 Å². The van der Waals surface area contributed by atoms with E-state index in [1.54, 1.807) is 0 Å².